The third kappa shape index (κ3) is 3.49. The molecule has 0 aliphatic rings. The predicted octanol–water partition coefficient (Wildman–Crippen LogP) is 3.17. The molecule has 5 heteroatoms. The van der Waals surface area contributed by atoms with Gasteiger partial charge < -0.3 is 4.90 Å². The number of fused-ring (bicyclic) bond motifs is 1. The van der Waals surface area contributed by atoms with Crippen molar-refractivity contribution in [1.82, 2.24) is 19.3 Å². The molecular weight excluding hydrogens is 328 g/mol. The molecule has 0 bridgehead atoms. The molecule has 0 spiro atoms. The van der Waals surface area contributed by atoms with Gasteiger partial charge in [-0.1, -0.05) is 28.1 Å². The minimum absolute atomic E-state index is 0.877. The molecule has 0 atom stereocenters. The van der Waals surface area contributed by atoms with Crippen LogP contribution in [0.25, 0.3) is 5.65 Å². The summed E-state index contributed by atoms with van der Waals surface area (Å²) in [5.74, 6) is 0. The predicted molar refractivity (Wildman–Crippen MR) is 87.2 cm³/mol. The lowest BCUT2D eigenvalue weighted by molar-refractivity contribution is 0.326. The SMILES string of the molecule is CN(CCc1ccc(Br)cc1)Cc1cnc2cnccn12. The van der Waals surface area contributed by atoms with Crippen LogP contribution in [-0.4, -0.2) is 32.9 Å². The summed E-state index contributed by atoms with van der Waals surface area (Å²) in [7, 11) is 2.14. The zero-order chi connectivity index (χ0) is 14.7. The average Bonchev–Trinajstić information content (AvgIpc) is 2.90. The van der Waals surface area contributed by atoms with Crippen LogP contribution in [0.1, 0.15) is 11.3 Å². The number of imidazole rings is 1. The summed E-state index contributed by atoms with van der Waals surface area (Å²) in [6, 6.07) is 8.51. The molecule has 0 fully saturated rings. The van der Waals surface area contributed by atoms with E-state index in [1.807, 2.05) is 12.4 Å². The molecular formula is C16H17BrN4. The van der Waals surface area contributed by atoms with E-state index in [1.54, 1.807) is 12.4 Å². The molecule has 2 aromatic heterocycles. The van der Waals surface area contributed by atoms with Gasteiger partial charge in [-0.05, 0) is 31.2 Å². The molecule has 0 aliphatic carbocycles. The van der Waals surface area contributed by atoms with E-state index in [2.05, 4.69) is 66.5 Å². The van der Waals surface area contributed by atoms with Crippen molar-refractivity contribution in [1.29, 1.82) is 0 Å². The molecule has 21 heavy (non-hydrogen) atoms. The van der Waals surface area contributed by atoms with Crippen molar-refractivity contribution in [2.24, 2.45) is 0 Å². The van der Waals surface area contributed by atoms with E-state index >= 15 is 0 Å². The highest BCUT2D eigenvalue weighted by atomic mass is 79.9. The van der Waals surface area contributed by atoms with Crippen molar-refractivity contribution in [3.8, 4) is 0 Å². The number of likely N-dealkylation sites (N-methyl/N-ethyl adjacent to an activating group) is 1. The van der Waals surface area contributed by atoms with E-state index in [0.717, 1.165) is 29.6 Å². The first-order chi connectivity index (χ1) is 10.2. The maximum atomic E-state index is 4.37. The van der Waals surface area contributed by atoms with Crippen molar-refractivity contribution in [2.45, 2.75) is 13.0 Å². The van der Waals surface area contributed by atoms with Gasteiger partial charge in [0.1, 0.15) is 0 Å². The number of aromatic nitrogens is 3. The summed E-state index contributed by atoms with van der Waals surface area (Å²) in [6.45, 7) is 1.89. The Bertz CT molecular complexity index is 720. The maximum absolute atomic E-state index is 4.37. The van der Waals surface area contributed by atoms with Crippen molar-refractivity contribution in [3.63, 3.8) is 0 Å². The number of benzene rings is 1. The third-order valence-corrected chi connectivity index (χ3v) is 4.05. The highest BCUT2D eigenvalue weighted by molar-refractivity contribution is 9.10. The topological polar surface area (TPSA) is 33.4 Å². The Morgan fingerprint density at radius 2 is 2.00 bits per heavy atom. The van der Waals surface area contributed by atoms with Crippen LogP contribution in [0.4, 0.5) is 0 Å². The van der Waals surface area contributed by atoms with Gasteiger partial charge in [-0.3, -0.25) is 9.38 Å². The van der Waals surface area contributed by atoms with Crippen LogP contribution in [-0.2, 0) is 13.0 Å². The first-order valence-electron chi connectivity index (χ1n) is 6.91. The summed E-state index contributed by atoms with van der Waals surface area (Å²) < 4.78 is 3.21. The minimum Gasteiger partial charge on any atom is -0.300 e. The molecule has 0 aliphatic heterocycles. The van der Waals surface area contributed by atoms with E-state index < -0.39 is 0 Å². The van der Waals surface area contributed by atoms with Crippen molar-refractivity contribution >= 4 is 21.6 Å². The molecule has 0 saturated heterocycles. The molecule has 0 N–H and O–H groups in total. The van der Waals surface area contributed by atoms with Gasteiger partial charge in [0.25, 0.3) is 0 Å². The van der Waals surface area contributed by atoms with Gasteiger partial charge in [0.2, 0.25) is 0 Å². The second-order valence-electron chi connectivity index (χ2n) is 5.17. The fraction of sp³-hybridized carbons (Fsp3) is 0.250. The standard InChI is InChI=1S/C16H17BrN4/c1-20(8-6-13-2-4-14(17)5-3-13)12-15-10-19-16-11-18-7-9-21(15)16/h2-5,7,9-11H,6,8,12H2,1H3. The molecule has 3 rings (SSSR count). The molecule has 4 nitrogen and oxygen atoms in total. The van der Waals surface area contributed by atoms with Gasteiger partial charge in [0, 0.05) is 30.0 Å². The molecule has 1 aromatic carbocycles. The Balaban J connectivity index is 1.61. The fourth-order valence-corrected chi connectivity index (χ4v) is 2.60. The summed E-state index contributed by atoms with van der Waals surface area (Å²) in [5, 5.41) is 0. The van der Waals surface area contributed by atoms with Crippen molar-refractivity contribution in [2.75, 3.05) is 13.6 Å². The summed E-state index contributed by atoms with van der Waals surface area (Å²) >= 11 is 3.46. The number of nitrogens with zero attached hydrogens (tertiary/aromatic N) is 4. The zero-order valence-corrected chi connectivity index (χ0v) is 13.5. The lowest BCUT2D eigenvalue weighted by atomic mass is 10.1. The van der Waals surface area contributed by atoms with Crippen LogP contribution in [0.2, 0.25) is 0 Å². The van der Waals surface area contributed by atoms with E-state index in [4.69, 9.17) is 0 Å². The molecule has 2 heterocycles. The zero-order valence-electron chi connectivity index (χ0n) is 11.9. The Labute approximate surface area is 132 Å². The Morgan fingerprint density at radius 3 is 2.81 bits per heavy atom. The molecule has 0 radical (unpaired) electrons. The van der Waals surface area contributed by atoms with Gasteiger partial charge in [-0.15, -0.1) is 0 Å². The summed E-state index contributed by atoms with van der Waals surface area (Å²) in [6.07, 6.45) is 8.50. The highest BCUT2D eigenvalue weighted by Gasteiger charge is 2.06. The van der Waals surface area contributed by atoms with E-state index in [1.165, 1.54) is 11.3 Å². The summed E-state index contributed by atoms with van der Waals surface area (Å²) in [5.41, 5.74) is 3.44. The van der Waals surface area contributed by atoms with Crippen LogP contribution in [0.3, 0.4) is 0 Å². The normalized spacial score (nSPS) is 11.4. The van der Waals surface area contributed by atoms with Crippen LogP contribution in [0.5, 0.6) is 0 Å². The Hall–Kier alpha value is -1.72. The van der Waals surface area contributed by atoms with Crippen LogP contribution >= 0.6 is 15.9 Å². The second-order valence-corrected chi connectivity index (χ2v) is 6.08. The smallest absolute Gasteiger partial charge is 0.155 e. The minimum atomic E-state index is 0.877. The van der Waals surface area contributed by atoms with E-state index in [-0.39, 0.29) is 0 Å². The molecule has 0 unspecified atom stereocenters. The second kappa shape index (κ2) is 6.37. The highest BCUT2D eigenvalue weighted by Crippen LogP contribution is 2.12. The first-order valence-corrected chi connectivity index (χ1v) is 7.70. The Kier molecular flexibility index (Phi) is 4.31. The van der Waals surface area contributed by atoms with Crippen LogP contribution in [0, 0.1) is 0 Å². The van der Waals surface area contributed by atoms with E-state index in [0.29, 0.717) is 0 Å². The fourth-order valence-electron chi connectivity index (χ4n) is 2.34. The molecule has 0 saturated carbocycles. The molecule has 3 aromatic rings. The van der Waals surface area contributed by atoms with Gasteiger partial charge in [0.15, 0.2) is 5.65 Å². The number of halogens is 1. The lowest BCUT2D eigenvalue weighted by Gasteiger charge is -2.16. The lowest BCUT2D eigenvalue weighted by Crippen LogP contribution is -2.21. The van der Waals surface area contributed by atoms with E-state index in [9.17, 15) is 0 Å². The van der Waals surface area contributed by atoms with Gasteiger partial charge in [-0.25, -0.2) is 4.98 Å². The van der Waals surface area contributed by atoms with Gasteiger partial charge in [-0.2, -0.15) is 0 Å². The quantitative estimate of drug-likeness (QED) is 0.712. The third-order valence-electron chi connectivity index (χ3n) is 3.52. The maximum Gasteiger partial charge on any atom is 0.155 e. The number of hydrogen-bond donors (Lipinski definition) is 0. The number of rotatable bonds is 5. The number of hydrogen-bond acceptors (Lipinski definition) is 3. The van der Waals surface area contributed by atoms with Gasteiger partial charge >= 0.3 is 0 Å². The van der Waals surface area contributed by atoms with Crippen LogP contribution < -0.4 is 0 Å². The molecule has 108 valence electrons. The van der Waals surface area contributed by atoms with Crippen LogP contribution in [0.15, 0.2) is 53.5 Å². The monoisotopic (exact) mass is 344 g/mol. The molecule has 0 amide bonds. The summed E-state index contributed by atoms with van der Waals surface area (Å²) in [4.78, 5) is 10.8. The first kappa shape index (κ1) is 14.2. The largest absolute Gasteiger partial charge is 0.300 e. The van der Waals surface area contributed by atoms with Crippen molar-refractivity contribution in [3.05, 3.63) is 64.8 Å². The average molecular weight is 345 g/mol. The van der Waals surface area contributed by atoms with Crippen molar-refractivity contribution < 1.29 is 0 Å². The van der Waals surface area contributed by atoms with Gasteiger partial charge in [0.05, 0.1) is 18.1 Å². The Morgan fingerprint density at radius 1 is 1.19 bits per heavy atom.